The number of nitrogens with two attached hydrogens (primary N) is 2. The number of halogens is 1. The highest BCUT2D eigenvalue weighted by Gasteiger charge is 2.30. The maximum Gasteiger partial charge on any atom is 0.253 e. The van der Waals surface area contributed by atoms with Gasteiger partial charge in [-0.25, -0.2) is 4.39 Å². The van der Waals surface area contributed by atoms with E-state index in [-0.39, 0.29) is 17.4 Å². The van der Waals surface area contributed by atoms with Gasteiger partial charge in [-0.05, 0) is 31.0 Å². The van der Waals surface area contributed by atoms with Crippen LogP contribution < -0.4 is 16.8 Å². The standard InChI is InChI=1S/C13H16FN3O3/c14-9-3-1-7(12(16)18)5-10(9)17-13(19)11-4-2-8(6-15)20-11/h1,3,5,8,11H,2,4,6,15H2,(H2,16,18)(H,17,19)/t8-,11+/m1/s1. The van der Waals surface area contributed by atoms with Crippen molar-refractivity contribution < 1.29 is 18.7 Å². The number of rotatable bonds is 4. The van der Waals surface area contributed by atoms with Gasteiger partial charge >= 0.3 is 0 Å². The van der Waals surface area contributed by atoms with E-state index in [4.69, 9.17) is 16.2 Å². The first-order valence-electron chi connectivity index (χ1n) is 6.27. The molecule has 1 aliphatic heterocycles. The fourth-order valence-corrected chi connectivity index (χ4v) is 2.06. The third kappa shape index (κ3) is 3.12. The van der Waals surface area contributed by atoms with E-state index in [1.807, 2.05) is 0 Å². The van der Waals surface area contributed by atoms with Crippen molar-refractivity contribution in [2.45, 2.75) is 25.0 Å². The zero-order chi connectivity index (χ0) is 14.7. The van der Waals surface area contributed by atoms with Crippen LogP contribution in [0.2, 0.25) is 0 Å². The van der Waals surface area contributed by atoms with E-state index < -0.39 is 23.7 Å². The molecule has 0 aromatic heterocycles. The molecule has 0 radical (unpaired) electrons. The Balaban J connectivity index is 2.08. The highest BCUT2D eigenvalue weighted by atomic mass is 19.1. The largest absolute Gasteiger partial charge is 0.366 e. The lowest BCUT2D eigenvalue weighted by atomic mass is 10.1. The summed E-state index contributed by atoms with van der Waals surface area (Å²) in [6.07, 6.45) is 0.427. The van der Waals surface area contributed by atoms with Crippen molar-refractivity contribution in [1.29, 1.82) is 0 Å². The lowest BCUT2D eigenvalue weighted by Crippen LogP contribution is -2.30. The summed E-state index contributed by atoms with van der Waals surface area (Å²) in [5, 5.41) is 2.40. The van der Waals surface area contributed by atoms with Crippen LogP contribution in [0.25, 0.3) is 0 Å². The molecule has 20 heavy (non-hydrogen) atoms. The Labute approximate surface area is 115 Å². The average molecular weight is 281 g/mol. The number of anilines is 1. The van der Waals surface area contributed by atoms with Crippen molar-refractivity contribution in [3.8, 4) is 0 Å². The van der Waals surface area contributed by atoms with Gasteiger partial charge in [-0.3, -0.25) is 9.59 Å². The average Bonchev–Trinajstić information content (AvgIpc) is 2.89. The predicted octanol–water partition coefficient (Wildman–Crippen LogP) is 0.369. The van der Waals surface area contributed by atoms with Crippen LogP contribution in [0.5, 0.6) is 0 Å². The molecule has 5 N–H and O–H groups in total. The van der Waals surface area contributed by atoms with E-state index in [1.165, 1.54) is 12.1 Å². The van der Waals surface area contributed by atoms with Crippen molar-refractivity contribution >= 4 is 17.5 Å². The van der Waals surface area contributed by atoms with Gasteiger partial charge in [0, 0.05) is 12.1 Å². The van der Waals surface area contributed by atoms with E-state index in [2.05, 4.69) is 5.32 Å². The Bertz CT molecular complexity index is 536. The van der Waals surface area contributed by atoms with Gasteiger partial charge in [0.1, 0.15) is 11.9 Å². The van der Waals surface area contributed by atoms with Crippen molar-refractivity contribution in [1.82, 2.24) is 0 Å². The van der Waals surface area contributed by atoms with E-state index >= 15 is 0 Å². The first-order chi connectivity index (χ1) is 9.51. The van der Waals surface area contributed by atoms with Crippen LogP contribution in [-0.2, 0) is 9.53 Å². The molecule has 0 spiro atoms. The van der Waals surface area contributed by atoms with E-state index in [1.54, 1.807) is 0 Å². The number of benzene rings is 1. The van der Waals surface area contributed by atoms with Crippen LogP contribution in [0.3, 0.4) is 0 Å². The van der Waals surface area contributed by atoms with Gasteiger partial charge in [-0.2, -0.15) is 0 Å². The quantitative estimate of drug-likeness (QED) is 0.741. The number of hydrogen-bond acceptors (Lipinski definition) is 4. The molecule has 0 bridgehead atoms. The minimum absolute atomic E-state index is 0.0916. The predicted molar refractivity (Wildman–Crippen MR) is 70.5 cm³/mol. The summed E-state index contributed by atoms with van der Waals surface area (Å²) in [6.45, 7) is 0.343. The van der Waals surface area contributed by atoms with Gasteiger partial charge in [0.05, 0.1) is 11.8 Å². The number of nitrogens with one attached hydrogen (secondary N) is 1. The second-order valence-corrected chi connectivity index (χ2v) is 4.61. The monoisotopic (exact) mass is 281 g/mol. The van der Waals surface area contributed by atoms with Gasteiger partial charge in [0.15, 0.2) is 0 Å². The third-order valence-corrected chi connectivity index (χ3v) is 3.17. The molecule has 1 aromatic carbocycles. The van der Waals surface area contributed by atoms with Gasteiger partial charge < -0.3 is 21.5 Å². The molecule has 2 atom stereocenters. The minimum atomic E-state index is -0.694. The minimum Gasteiger partial charge on any atom is -0.366 e. The highest BCUT2D eigenvalue weighted by Crippen LogP contribution is 2.22. The Hall–Kier alpha value is -1.99. The number of hydrogen-bond donors (Lipinski definition) is 3. The number of primary amides is 1. The molecule has 108 valence electrons. The maximum absolute atomic E-state index is 13.6. The number of ether oxygens (including phenoxy) is 1. The molecule has 2 rings (SSSR count). The van der Waals surface area contributed by atoms with Crippen molar-refractivity contribution in [3.63, 3.8) is 0 Å². The summed E-state index contributed by atoms with van der Waals surface area (Å²) < 4.78 is 19.0. The van der Waals surface area contributed by atoms with Crippen LogP contribution in [-0.4, -0.2) is 30.6 Å². The normalized spacial score (nSPS) is 21.7. The molecule has 0 unspecified atom stereocenters. The molecule has 1 aromatic rings. The molecule has 0 aliphatic carbocycles. The van der Waals surface area contributed by atoms with Gasteiger partial charge in [-0.1, -0.05) is 0 Å². The van der Waals surface area contributed by atoms with Crippen molar-refractivity contribution in [2.75, 3.05) is 11.9 Å². The molecule has 6 nitrogen and oxygen atoms in total. The smallest absolute Gasteiger partial charge is 0.253 e. The fraction of sp³-hybridized carbons (Fsp3) is 0.385. The lowest BCUT2D eigenvalue weighted by Gasteiger charge is -2.13. The fourth-order valence-electron chi connectivity index (χ4n) is 2.06. The van der Waals surface area contributed by atoms with Crippen molar-refractivity contribution in [2.24, 2.45) is 11.5 Å². The number of carbonyl (C=O) groups is 2. The third-order valence-electron chi connectivity index (χ3n) is 3.17. The van der Waals surface area contributed by atoms with Crippen LogP contribution >= 0.6 is 0 Å². The van der Waals surface area contributed by atoms with E-state index in [0.29, 0.717) is 19.4 Å². The van der Waals surface area contributed by atoms with Crippen LogP contribution in [0, 0.1) is 5.82 Å². The first-order valence-corrected chi connectivity index (χ1v) is 6.27. The maximum atomic E-state index is 13.6. The van der Waals surface area contributed by atoms with Crippen LogP contribution in [0.15, 0.2) is 18.2 Å². The summed E-state index contributed by atoms with van der Waals surface area (Å²) in [5.74, 6) is -1.79. The molecule has 7 heteroatoms. The molecule has 2 amide bonds. The van der Waals surface area contributed by atoms with E-state index in [0.717, 1.165) is 6.07 Å². The summed E-state index contributed by atoms with van der Waals surface area (Å²) in [7, 11) is 0. The summed E-state index contributed by atoms with van der Waals surface area (Å²) in [6, 6.07) is 3.53. The second-order valence-electron chi connectivity index (χ2n) is 4.61. The number of amides is 2. The van der Waals surface area contributed by atoms with Gasteiger partial charge in [0.2, 0.25) is 5.91 Å². The molecule has 1 heterocycles. The topological polar surface area (TPSA) is 107 Å². The summed E-state index contributed by atoms with van der Waals surface area (Å²) in [5.41, 5.74) is 10.6. The molecule has 1 fully saturated rings. The molecule has 0 saturated carbocycles. The SMILES string of the molecule is NC[C@H]1CC[C@@H](C(=O)Nc2cc(C(N)=O)ccc2F)O1. The molecule has 1 aliphatic rings. The molecular formula is C13H16FN3O3. The molecular weight excluding hydrogens is 265 g/mol. The van der Waals surface area contributed by atoms with E-state index in [9.17, 15) is 14.0 Å². The molecule has 1 saturated heterocycles. The Morgan fingerprint density at radius 1 is 1.40 bits per heavy atom. The number of carbonyl (C=O) groups excluding carboxylic acids is 2. The van der Waals surface area contributed by atoms with Gasteiger partial charge in [0.25, 0.3) is 5.91 Å². The first kappa shape index (κ1) is 14.4. The van der Waals surface area contributed by atoms with Gasteiger partial charge in [-0.15, -0.1) is 0 Å². The Morgan fingerprint density at radius 2 is 2.15 bits per heavy atom. The zero-order valence-electron chi connectivity index (χ0n) is 10.8. The highest BCUT2D eigenvalue weighted by molar-refractivity contribution is 5.97. The van der Waals surface area contributed by atoms with Crippen LogP contribution in [0.4, 0.5) is 10.1 Å². The van der Waals surface area contributed by atoms with Crippen molar-refractivity contribution in [3.05, 3.63) is 29.6 Å². The Morgan fingerprint density at radius 3 is 2.75 bits per heavy atom. The summed E-state index contributed by atoms with van der Waals surface area (Å²) >= 11 is 0. The summed E-state index contributed by atoms with van der Waals surface area (Å²) in [4.78, 5) is 23.0. The second kappa shape index (κ2) is 5.98. The lowest BCUT2D eigenvalue weighted by molar-refractivity contribution is -0.126. The Kier molecular flexibility index (Phi) is 4.31. The zero-order valence-corrected chi connectivity index (χ0v) is 10.8. The van der Waals surface area contributed by atoms with Crippen LogP contribution in [0.1, 0.15) is 23.2 Å².